The number of carboxylic acid groups (broad SMARTS) is 1. The zero-order chi connectivity index (χ0) is 16.4. The first-order chi connectivity index (χ1) is 11.0. The number of pyridine rings is 1. The Morgan fingerprint density at radius 3 is 2.70 bits per heavy atom. The van der Waals surface area contributed by atoms with Crippen molar-refractivity contribution >= 4 is 34.8 Å². The first kappa shape index (κ1) is 14.9. The maximum absolute atomic E-state index is 11.0. The molecule has 0 saturated carbocycles. The first-order valence-electron chi connectivity index (χ1n) is 7.22. The van der Waals surface area contributed by atoms with Gasteiger partial charge in [-0.3, -0.25) is 4.79 Å². The Balaban J connectivity index is 1.84. The van der Waals surface area contributed by atoms with Gasteiger partial charge in [-0.15, -0.1) is 0 Å². The number of aromatic nitrogens is 2. The number of nitrogens with two attached hydrogens (primary N) is 1. The van der Waals surface area contributed by atoms with E-state index < -0.39 is 12.0 Å². The van der Waals surface area contributed by atoms with Gasteiger partial charge in [0.15, 0.2) is 0 Å². The topological polar surface area (TPSA) is 116 Å². The van der Waals surface area contributed by atoms with E-state index in [1.165, 1.54) is 11.0 Å². The van der Waals surface area contributed by atoms with Crippen LogP contribution in [0.4, 0.5) is 10.5 Å². The lowest BCUT2D eigenvalue weighted by Crippen LogP contribution is -2.48. The van der Waals surface area contributed by atoms with Crippen molar-refractivity contribution in [3.8, 4) is 0 Å². The molecular formula is C15H17N5O3. The van der Waals surface area contributed by atoms with Crippen LogP contribution in [0.25, 0.3) is 17.1 Å². The lowest BCUT2D eigenvalue weighted by Gasteiger charge is -2.34. The van der Waals surface area contributed by atoms with Crippen molar-refractivity contribution in [2.45, 2.75) is 0 Å². The number of aromatic amines is 1. The van der Waals surface area contributed by atoms with Crippen molar-refractivity contribution in [1.82, 2.24) is 14.9 Å². The van der Waals surface area contributed by atoms with Gasteiger partial charge in [-0.05, 0) is 12.1 Å². The maximum Gasteiger partial charge on any atom is 0.407 e. The Labute approximate surface area is 132 Å². The maximum atomic E-state index is 11.0. The van der Waals surface area contributed by atoms with Crippen LogP contribution < -0.4 is 10.6 Å². The molecule has 1 fully saturated rings. The summed E-state index contributed by atoms with van der Waals surface area (Å²) >= 11 is 0. The summed E-state index contributed by atoms with van der Waals surface area (Å²) in [5, 5.41) is 9.88. The van der Waals surface area contributed by atoms with E-state index in [0.29, 0.717) is 26.2 Å². The lowest BCUT2D eigenvalue weighted by molar-refractivity contribution is -0.113. The molecule has 1 aliphatic heterocycles. The van der Waals surface area contributed by atoms with E-state index in [1.807, 2.05) is 6.07 Å². The van der Waals surface area contributed by atoms with Crippen LogP contribution >= 0.6 is 0 Å². The average molecular weight is 315 g/mol. The highest BCUT2D eigenvalue weighted by atomic mass is 16.4. The number of hydrogen-bond acceptors (Lipinski definition) is 4. The van der Waals surface area contributed by atoms with Crippen molar-refractivity contribution in [2.75, 3.05) is 31.1 Å². The molecule has 8 heteroatoms. The van der Waals surface area contributed by atoms with Gasteiger partial charge in [0, 0.05) is 49.4 Å². The van der Waals surface area contributed by atoms with Crippen molar-refractivity contribution in [1.29, 1.82) is 0 Å². The summed E-state index contributed by atoms with van der Waals surface area (Å²) in [5.41, 5.74) is 7.61. The zero-order valence-electron chi connectivity index (χ0n) is 12.4. The molecule has 1 aliphatic rings. The minimum atomic E-state index is -0.886. The number of amides is 2. The van der Waals surface area contributed by atoms with Crippen LogP contribution in [0, 0.1) is 0 Å². The molecule has 120 valence electrons. The highest BCUT2D eigenvalue weighted by molar-refractivity contribution is 5.95. The van der Waals surface area contributed by atoms with Crippen LogP contribution in [0.15, 0.2) is 24.5 Å². The van der Waals surface area contributed by atoms with E-state index in [0.717, 1.165) is 22.3 Å². The second-order valence-corrected chi connectivity index (χ2v) is 5.33. The number of carbonyl (C=O) groups excluding carboxylic acids is 1. The number of carbonyl (C=O) groups is 2. The predicted octanol–water partition coefficient (Wildman–Crippen LogP) is 0.861. The summed E-state index contributed by atoms with van der Waals surface area (Å²) in [6.45, 7) is 2.18. The quantitative estimate of drug-likeness (QED) is 0.727. The molecule has 0 spiro atoms. The van der Waals surface area contributed by atoms with E-state index in [9.17, 15) is 9.59 Å². The van der Waals surface area contributed by atoms with Gasteiger partial charge in [-0.2, -0.15) is 0 Å². The third-order valence-electron chi connectivity index (χ3n) is 3.89. The highest BCUT2D eigenvalue weighted by Gasteiger charge is 2.21. The van der Waals surface area contributed by atoms with Gasteiger partial charge in [0.2, 0.25) is 5.91 Å². The molecule has 3 heterocycles. The Hall–Kier alpha value is -3.03. The van der Waals surface area contributed by atoms with Crippen LogP contribution in [0.1, 0.15) is 5.56 Å². The molecule has 4 N–H and O–H groups in total. The van der Waals surface area contributed by atoms with Gasteiger partial charge in [0.05, 0.1) is 11.9 Å². The third-order valence-corrected chi connectivity index (χ3v) is 3.89. The summed E-state index contributed by atoms with van der Waals surface area (Å²) < 4.78 is 0. The molecular weight excluding hydrogens is 298 g/mol. The molecule has 0 aromatic carbocycles. The normalized spacial score (nSPS) is 15.5. The number of nitrogens with one attached hydrogen (secondary N) is 1. The van der Waals surface area contributed by atoms with Crippen LogP contribution in [0.5, 0.6) is 0 Å². The zero-order valence-corrected chi connectivity index (χ0v) is 12.4. The summed E-state index contributed by atoms with van der Waals surface area (Å²) in [5.74, 6) is -0.506. The average Bonchev–Trinajstić information content (AvgIpc) is 2.95. The summed E-state index contributed by atoms with van der Waals surface area (Å²) in [6, 6.07) is 1.98. The first-order valence-corrected chi connectivity index (χ1v) is 7.22. The van der Waals surface area contributed by atoms with E-state index >= 15 is 0 Å². The number of H-pyrrole nitrogens is 1. The number of rotatable bonds is 3. The Morgan fingerprint density at radius 1 is 1.30 bits per heavy atom. The highest BCUT2D eigenvalue weighted by Crippen LogP contribution is 2.24. The largest absolute Gasteiger partial charge is 0.465 e. The molecule has 8 nitrogen and oxygen atoms in total. The second-order valence-electron chi connectivity index (χ2n) is 5.33. The number of hydrogen-bond donors (Lipinski definition) is 3. The molecule has 0 unspecified atom stereocenters. The van der Waals surface area contributed by atoms with E-state index in [1.54, 1.807) is 18.5 Å². The number of primary amides is 1. The molecule has 2 amide bonds. The van der Waals surface area contributed by atoms with Crippen LogP contribution in [-0.4, -0.2) is 58.2 Å². The van der Waals surface area contributed by atoms with Crippen molar-refractivity contribution in [2.24, 2.45) is 5.73 Å². The summed E-state index contributed by atoms with van der Waals surface area (Å²) in [6.07, 6.45) is 5.60. The molecule has 0 radical (unpaired) electrons. The van der Waals surface area contributed by atoms with Crippen molar-refractivity contribution in [3.05, 3.63) is 30.1 Å². The van der Waals surface area contributed by atoms with Crippen molar-refractivity contribution < 1.29 is 14.7 Å². The fraction of sp³-hybridized carbons (Fsp3) is 0.267. The fourth-order valence-electron chi connectivity index (χ4n) is 2.65. The van der Waals surface area contributed by atoms with Gasteiger partial charge < -0.3 is 25.6 Å². The second kappa shape index (κ2) is 5.99. The SMILES string of the molecule is NC(=O)/C=C/c1c[nH]c2ncc(N3CCN(C(=O)O)CC3)cc12. The predicted molar refractivity (Wildman–Crippen MR) is 86.1 cm³/mol. The standard InChI is InChI=1S/C15H17N5O3/c16-13(21)2-1-10-8-17-14-12(10)7-11(9-18-14)19-3-5-20(6-4-19)15(22)23/h1-2,7-9H,3-6H2,(H2,16,21)(H,17,18)(H,22,23)/b2-1+. The van der Waals surface area contributed by atoms with E-state index in [2.05, 4.69) is 14.9 Å². The molecule has 0 atom stereocenters. The Bertz CT molecular complexity index is 775. The smallest absolute Gasteiger partial charge is 0.407 e. The number of piperazine rings is 1. The molecule has 3 rings (SSSR count). The molecule has 2 aromatic rings. The minimum Gasteiger partial charge on any atom is -0.465 e. The van der Waals surface area contributed by atoms with Crippen molar-refractivity contribution in [3.63, 3.8) is 0 Å². The van der Waals surface area contributed by atoms with Crippen LogP contribution in [-0.2, 0) is 4.79 Å². The van der Waals surface area contributed by atoms with Crippen LogP contribution in [0.3, 0.4) is 0 Å². The molecule has 0 bridgehead atoms. The number of anilines is 1. The third kappa shape index (κ3) is 3.10. The molecule has 0 aliphatic carbocycles. The van der Waals surface area contributed by atoms with Crippen LogP contribution in [0.2, 0.25) is 0 Å². The number of nitrogens with zero attached hydrogens (tertiary/aromatic N) is 3. The Kier molecular flexibility index (Phi) is 3.88. The number of fused-ring (bicyclic) bond motifs is 1. The van der Waals surface area contributed by atoms with Gasteiger partial charge in [0.25, 0.3) is 0 Å². The van der Waals surface area contributed by atoms with E-state index in [4.69, 9.17) is 10.8 Å². The van der Waals surface area contributed by atoms with Gasteiger partial charge >= 0.3 is 6.09 Å². The summed E-state index contributed by atoms with van der Waals surface area (Å²) in [7, 11) is 0. The molecule has 23 heavy (non-hydrogen) atoms. The Morgan fingerprint density at radius 2 is 2.04 bits per heavy atom. The summed E-state index contributed by atoms with van der Waals surface area (Å²) in [4.78, 5) is 32.8. The van der Waals surface area contributed by atoms with Gasteiger partial charge in [-0.1, -0.05) is 0 Å². The molecule has 2 aromatic heterocycles. The fourth-order valence-corrected chi connectivity index (χ4v) is 2.65. The van der Waals surface area contributed by atoms with E-state index in [-0.39, 0.29) is 0 Å². The molecule has 1 saturated heterocycles. The van der Waals surface area contributed by atoms with Gasteiger partial charge in [-0.25, -0.2) is 9.78 Å². The lowest BCUT2D eigenvalue weighted by atomic mass is 10.2. The minimum absolute atomic E-state index is 0.467. The monoisotopic (exact) mass is 315 g/mol. The van der Waals surface area contributed by atoms with Gasteiger partial charge in [0.1, 0.15) is 5.65 Å².